The molecular formula is C16H21N3O2. The Morgan fingerprint density at radius 2 is 1.62 bits per heavy atom. The summed E-state index contributed by atoms with van der Waals surface area (Å²) in [6, 6.07) is 9.33. The molecule has 112 valence electrons. The number of nitrogens with zero attached hydrogens (tertiary/aromatic N) is 2. The van der Waals surface area contributed by atoms with Crippen LogP contribution in [0.3, 0.4) is 0 Å². The first-order valence-corrected chi connectivity index (χ1v) is 7.57. The lowest BCUT2D eigenvalue weighted by molar-refractivity contribution is -0.134. The van der Waals surface area contributed by atoms with Crippen LogP contribution in [0.25, 0.3) is 0 Å². The number of nitrogens with one attached hydrogen (secondary N) is 1. The molecule has 0 radical (unpaired) electrons. The highest BCUT2D eigenvalue weighted by molar-refractivity contribution is 5.94. The summed E-state index contributed by atoms with van der Waals surface area (Å²) in [5.41, 5.74) is 0.720. The Morgan fingerprint density at radius 3 is 2.19 bits per heavy atom. The van der Waals surface area contributed by atoms with E-state index in [9.17, 15) is 9.59 Å². The van der Waals surface area contributed by atoms with Crippen molar-refractivity contribution >= 4 is 11.8 Å². The first-order valence-electron chi connectivity index (χ1n) is 7.57. The fraction of sp³-hybridized carbons (Fsp3) is 0.500. The SMILES string of the molecule is O=C(CC1CNC1)N1CCN(C(=O)c2ccccc2)CC1. The molecule has 0 spiro atoms. The average Bonchev–Trinajstić information content (AvgIpc) is 2.51. The maximum Gasteiger partial charge on any atom is 0.253 e. The fourth-order valence-corrected chi connectivity index (χ4v) is 2.79. The first kappa shape index (κ1) is 14.1. The molecule has 2 aliphatic rings. The van der Waals surface area contributed by atoms with Gasteiger partial charge in [0.2, 0.25) is 5.91 Å². The smallest absolute Gasteiger partial charge is 0.253 e. The zero-order chi connectivity index (χ0) is 14.7. The molecule has 2 fully saturated rings. The van der Waals surface area contributed by atoms with E-state index in [1.54, 1.807) is 0 Å². The van der Waals surface area contributed by atoms with E-state index in [0.29, 0.717) is 38.5 Å². The number of benzene rings is 1. The van der Waals surface area contributed by atoms with Gasteiger partial charge in [0.15, 0.2) is 0 Å². The Labute approximate surface area is 124 Å². The highest BCUT2D eigenvalue weighted by atomic mass is 16.2. The van der Waals surface area contributed by atoms with Crippen molar-refractivity contribution in [1.29, 1.82) is 0 Å². The predicted molar refractivity (Wildman–Crippen MR) is 79.9 cm³/mol. The molecule has 1 aromatic rings. The molecule has 2 aliphatic heterocycles. The highest BCUT2D eigenvalue weighted by Gasteiger charge is 2.27. The molecule has 0 unspecified atom stereocenters. The minimum Gasteiger partial charge on any atom is -0.339 e. The Morgan fingerprint density at radius 1 is 1.00 bits per heavy atom. The standard InChI is InChI=1S/C16H21N3O2/c20-15(10-13-11-17-12-13)18-6-8-19(9-7-18)16(21)14-4-2-1-3-5-14/h1-5,13,17H,6-12H2. The molecule has 3 rings (SSSR count). The van der Waals surface area contributed by atoms with Gasteiger partial charge in [0.05, 0.1) is 0 Å². The van der Waals surface area contributed by atoms with E-state index < -0.39 is 0 Å². The third-order valence-corrected chi connectivity index (χ3v) is 4.27. The molecule has 5 heteroatoms. The molecule has 0 aromatic heterocycles. The van der Waals surface area contributed by atoms with Crippen LogP contribution in [0.2, 0.25) is 0 Å². The number of rotatable bonds is 3. The van der Waals surface area contributed by atoms with E-state index in [4.69, 9.17) is 0 Å². The van der Waals surface area contributed by atoms with Crippen LogP contribution in [-0.2, 0) is 4.79 Å². The van der Waals surface area contributed by atoms with Gasteiger partial charge >= 0.3 is 0 Å². The lowest BCUT2D eigenvalue weighted by Crippen LogP contribution is -2.52. The van der Waals surface area contributed by atoms with Crippen molar-refractivity contribution in [3.8, 4) is 0 Å². The van der Waals surface area contributed by atoms with Gasteiger partial charge in [-0.2, -0.15) is 0 Å². The van der Waals surface area contributed by atoms with Gasteiger partial charge in [0.25, 0.3) is 5.91 Å². The van der Waals surface area contributed by atoms with Crippen LogP contribution in [0.15, 0.2) is 30.3 Å². The Hall–Kier alpha value is -1.88. The number of carbonyl (C=O) groups is 2. The average molecular weight is 287 g/mol. The van der Waals surface area contributed by atoms with E-state index in [1.165, 1.54) is 0 Å². The van der Waals surface area contributed by atoms with Crippen molar-refractivity contribution in [1.82, 2.24) is 15.1 Å². The molecule has 1 aromatic carbocycles. The summed E-state index contributed by atoms with van der Waals surface area (Å²) in [6.45, 7) is 4.47. The van der Waals surface area contributed by atoms with Gasteiger partial charge in [-0.15, -0.1) is 0 Å². The molecule has 2 amide bonds. The maximum atomic E-state index is 12.3. The van der Waals surface area contributed by atoms with Crippen molar-refractivity contribution < 1.29 is 9.59 Å². The molecule has 2 saturated heterocycles. The molecule has 0 bridgehead atoms. The number of hydrogen-bond donors (Lipinski definition) is 1. The van der Waals surface area contributed by atoms with Gasteiger partial charge in [-0.1, -0.05) is 18.2 Å². The highest BCUT2D eigenvalue weighted by Crippen LogP contribution is 2.13. The van der Waals surface area contributed by atoms with E-state index >= 15 is 0 Å². The number of hydrogen-bond acceptors (Lipinski definition) is 3. The second-order valence-electron chi connectivity index (χ2n) is 5.77. The van der Waals surface area contributed by atoms with Crippen molar-refractivity contribution in [3.63, 3.8) is 0 Å². The van der Waals surface area contributed by atoms with Crippen LogP contribution in [0.1, 0.15) is 16.8 Å². The molecule has 1 N–H and O–H groups in total. The second kappa shape index (κ2) is 6.26. The lowest BCUT2D eigenvalue weighted by Gasteiger charge is -2.36. The first-order chi connectivity index (χ1) is 10.2. The minimum absolute atomic E-state index is 0.0610. The normalized spacial score (nSPS) is 19.2. The predicted octanol–water partition coefficient (Wildman–Crippen LogP) is 0.581. The Bertz CT molecular complexity index is 506. The van der Waals surface area contributed by atoms with E-state index in [2.05, 4.69) is 5.32 Å². The third kappa shape index (κ3) is 3.24. The number of carbonyl (C=O) groups excluding carboxylic acids is 2. The molecule has 0 aliphatic carbocycles. The fourth-order valence-electron chi connectivity index (χ4n) is 2.79. The van der Waals surface area contributed by atoms with Crippen LogP contribution in [0.5, 0.6) is 0 Å². The van der Waals surface area contributed by atoms with E-state index in [0.717, 1.165) is 18.7 Å². The zero-order valence-electron chi connectivity index (χ0n) is 12.1. The summed E-state index contributed by atoms with van der Waals surface area (Å²) in [5.74, 6) is 0.792. The van der Waals surface area contributed by atoms with Gasteiger partial charge in [-0.05, 0) is 31.1 Å². The molecule has 21 heavy (non-hydrogen) atoms. The van der Waals surface area contributed by atoms with Crippen LogP contribution in [0, 0.1) is 5.92 Å². The summed E-state index contributed by atoms with van der Waals surface area (Å²) < 4.78 is 0. The van der Waals surface area contributed by atoms with Gasteiger partial charge in [0, 0.05) is 38.2 Å². The summed E-state index contributed by atoms with van der Waals surface area (Å²) in [7, 11) is 0. The van der Waals surface area contributed by atoms with Crippen LogP contribution < -0.4 is 5.32 Å². The number of piperazine rings is 1. The monoisotopic (exact) mass is 287 g/mol. The summed E-state index contributed by atoms with van der Waals surface area (Å²) in [6.07, 6.45) is 0.639. The molecule has 0 atom stereocenters. The van der Waals surface area contributed by atoms with Crippen LogP contribution in [-0.4, -0.2) is 60.9 Å². The van der Waals surface area contributed by atoms with Gasteiger partial charge in [-0.25, -0.2) is 0 Å². The number of amides is 2. The van der Waals surface area contributed by atoms with Crippen LogP contribution in [0.4, 0.5) is 0 Å². The van der Waals surface area contributed by atoms with Gasteiger partial charge in [-0.3, -0.25) is 9.59 Å². The van der Waals surface area contributed by atoms with Gasteiger partial charge < -0.3 is 15.1 Å². The van der Waals surface area contributed by atoms with Crippen molar-refractivity contribution in [2.75, 3.05) is 39.3 Å². The summed E-state index contributed by atoms with van der Waals surface area (Å²) in [5, 5.41) is 3.19. The van der Waals surface area contributed by atoms with Crippen molar-refractivity contribution in [3.05, 3.63) is 35.9 Å². The zero-order valence-corrected chi connectivity index (χ0v) is 12.1. The van der Waals surface area contributed by atoms with Crippen molar-refractivity contribution in [2.45, 2.75) is 6.42 Å². The Kier molecular flexibility index (Phi) is 4.20. The lowest BCUT2D eigenvalue weighted by atomic mass is 9.98. The molecular weight excluding hydrogens is 266 g/mol. The minimum atomic E-state index is 0.0610. The van der Waals surface area contributed by atoms with Gasteiger partial charge in [0.1, 0.15) is 0 Å². The maximum absolute atomic E-state index is 12.3. The Balaban J connectivity index is 1.50. The van der Waals surface area contributed by atoms with Crippen LogP contribution >= 0.6 is 0 Å². The van der Waals surface area contributed by atoms with Crippen molar-refractivity contribution in [2.24, 2.45) is 5.92 Å². The summed E-state index contributed by atoms with van der Waals surface area (Å²) >= 11 is 0. The topological polar surface area (TPSA) is 52.7 Å². The molecule has 2 heterocycles. The van der Waals surface area contributed by atoms with E-state index in [-0.39, 0.29) is 11.8 Å². The molecule has 0 saturated carbocycles. The summed E-state index contributed by atoms with van der Waals surface area (Å²) in [4.78, 5) is 28.2. The molecule has 5 nitrogen and oxygen atoms in total. The largest absolute Gasteiger partial charge is 0.339 e. The van der Waals surface area contributed by atoms with E-state index in [1.807, 2.05) is 40.1 Å². The quantitative estimate of drug-likeness (QED) is 0.885. The second-order valence-corrected chi connectivity index (χ2v) is 5.77. The third-order valence-electron chi connectivity index (χ3n) is 4.27.